The minimum atomic E-state index is 0.536. The number of rotatable bonds is 6. The molecule has 2 fully saturated rings. The molecule has 0 spiro atoms. The van der Waals surface area contributed by atoms with Gasteiger partial charge >= 0.3 is 0 Å². The molecule has 1 atom stereocenters. The number of nitrogens with zero attached hydrogens (tertiary/aromatic N) is 4. The van der Waals surface area contributed by atoms with E-state index >= 15 is 0 Å². The first-order valence-electron chi connectivity index (χ1n) is 8.48. The van der Waals surface area contributed by atoms with Crippen LogP contribution < -0.4 is 5.32 Å². The minimum Gasteiger partial charge on any atom is -0.370 e. The van der Waals surface area contributed by atoms with Gasteiger partial charge in [-0.2, -0.15) is 4.98 Å². The van der Waals surface area contributed by atoms with Crippen LogP contribution in [0.4, 0.5) is 5.82 Å². The van der Waals surface area contributed by atoms with Gasteiger partial charge in [0.15, 0.2) is 5.82 Å². The maximum absolute atomic E-state index is 5.33. The lowest BCUT2D eigenvalue weighted by atomic mass is 10.1. The lowest BCUT2D eigenvalue weighted by Gasteiger charge is -2.14. The SMILES string of the molecule is Cc1cccc(NC[C@@H]2CCN(Cc3noc(C4CC4)n3)C2)n1. The van der Waals surface area contributed by atoms with Crippen LogP contribution in [-0.4, -0.2) is 39.7 Å². The van der Waals surface area contributed by atoms with Gasteiger partial charge in [0, 0.05) is 24.7 Å². The van der Waals surface area contributed by atoms with E-state index in [1.165, 1.54) is 19.3 Å². The second-order valence-corrected chi connectivity index (χ2v) is 6.76. The van der Waals surface area contributed by atoms with Crippen LogP contribution in [0.5, 0.6) is 0 Å². The molecule has 6 heteroatoms. The normalized spacial score (nSPS) is 21.7. The van der Waals surface area contributed by atoms with Gasteiger partial charge in [-0.3, -0.25) is 4.90 Å². The highest BCUT2D eigenvalue weighted by atomic mass is 16.5. The van der Waals surface area contributed by atoms with Crippen LogP contribution >= 0.6 is 0 Å². The summed E-state index contributed by atoms with van der Waals surface area (Å²) >= 11 is 0. The summed E-state index contributed by atoms with van der Waals surface area (Å²) in [5.41, 5.74) is 1.05. The molecule has 1 aliphatic carbocycles. The summed E-state index contributed by atoms with van der Waals surface area (Å²) in [6.45, 7) is 5.96. The zero-order chi connectivity index (χ0) is 15.6. The van der Waals surface area contributed by atoms with Crippen molar-refractivity contribution in [2.75, 3.05) is 25.0 Å². The highest BCUT2D eigenvalue weighted by molar-refractivity contribution is 5.35. The van der Waals surface area contributed by atoms with E-state index in [0.717, 1.165) is 49.4 Å². The second kappa shape index (κ2) is 6.28. The number of anilines is 1. The van der Waals surface area contributed by atoms with Crippen LogP contribution in [0, 0.1) is 12.8 Å². The van der Waals surface area contributed by atoms with Crippen molar-refractivity contribution in [2.45, 2.75) is 38.6 Å². The van der Waals surface area contributed by atoms with Gasteiger partial charge in [0.1, 0.15) is 5.82 Å². The molecule has 1 N–H and O–H groups in total. The number of hydrogen-bond donors (Lipinski definition) is 1. The Labute approximate surface area is 136 Å². The lowest BCUT2D eigenvalue weighted by molar-refractivity contribution is 0.300. The van der Waals surface area contributed by atoms with E-state index in [4.69, 9.17) is 4.52 Å². The van der Waals surface area contributed by atoms with Crippen molar-refractivity contribution in [1.82, 2.24) is 20.0 Å². The quantitative estimate of drug-likeness (QED) is 0.884. The third kappa shape index (κ3) is 3.69. The number of likely N-dealkylation sites (tertiary alicyclic amines) is 1. The largest absolute Gasteiger partial charge is 0.370 e. The Hall–Kier alpha value is -1.95. The molecule has 0 amide bonds. The second-order valence-electron chi connectivity index (χ2n) is 6.76. The first kappa shape index (κ1) is 14.6. The minimum absolute atomic E-state index is 0.536. The molecule has 122 valence electrons. The summed E-state index contributed by atoms with van der Waals surface area (Å²) in [5, 5.41) is 7.57. The molecular weight excluding hydrogens is 290 g/mol. The fourth-order valence-corrected chi connectivity index (χ4v) is 3.14. The van der Waals surface area contributed by atoms with Gasteiger partial charge in [0.25, 0.3) is 0 Å². The summed E-state index contributed by atoms with van der Waals surface area (Å²) in [5.74, 6) is 3.82. The molecule has 1 saturated heterocycles. The van der Waals surface area contributed by atoms with Crippen LogP contribution in [0.15, 0.2) is 22.7 Å². The van der Waals surface area contributed by atoms with Crippen LogP contribution in [0.2, 0.25) is 0 Å². The fraction of sp³-hybridized carbons (Fsp3) is 0.588. The van der Waals surface area contributed by atoms with Crippen molar-refractivity contribution < 1.29 is 4.52 Å². The average Bonchev–Trinajstić information content (AvgIpc) is 3.13. The molecule has 2 aliphatic rings. The van der Waals surface area contributed by atoms with E-state index in [0.29, 0.717) is 11.8 Å². The summed E-state index contributed by atoms with van der Waals surface area (Å²) in [6, 6.07) is 6.08. The van der Waals surface area contributed by atoms with Gasteiger partial charge in [0.2, 0.25) is 5.89 Å². The maximum Gasteiger partial charge on any atom is 0.229 e. The van der Waals surface area contributed by atoms with Crippen LogP contribution in [0.25, 0.3) is 0 Å². The lowest BCUT2D eigenvalue weighted by Crippen LogP contribution is -2.23. The van der Waals surface area contributed by atoms with Gasteiger partial charge in [-0.1, -0.05) is 11.2 Å². The third-order valence-electron chi connectivity index (χ3n) is 4.61. The number of nitrogens with one attached hydrogen (secondary N) is 1. The topological polar surface area (TPSA) is 67.1 Å². The van der Waals surface area contributed by atoms with Gasteiger partial charge in [0.05, 0.1) is 6.54 Å². The Morgan fingerprint density at radius 1 is 1.26 bits per heavy atom. The van der Waals surface area contributed by atoms with Crippen molar-refractivity contribution in [1.29, 1.82) is 0 Å². The smallest absolute Gasteiger partial charge is 0.229 e. The Morgan fingerprint density at radius 2 is 2.17 bits per heavy atom. The van der Waals surface area contributed by atoms with Crippen molar-refractivity contribution in [3.05, 3.63) is 35.6 Å². The Bertz CT molecular complexity index is 667. The zero-order valence-corrected chi connectivity index (χ0v) is 13.5. The predicted molar refractivity (Wildman–Crippen MR) is 87.1 cm³/mol. The van der Waals surface area contributed by atoms with E-state index in [1.54, 1.807) is 0 Å². The molecule has 2 aromatic rings. The van der Waals surface area contributed by atoms with E-state index in [-0.39, 0.29) is 0 Å². The zero-order valence-electron chi connectivity index (χ0n) is 13.5. The predicted octanol–water partition coefficient (Wildman–Crippen LogP) is 2.58. The maximum atomic E-state index is 5.33. The monoisotopic (exact) mass is 313 g/mol. The van der Waals surface area contributed by atoms with Crippen molar-refractivity contribution in [3.63, 3.8) is 0 Å². The fourth-order valence-electron chi connectivity index (χ4n) is 3.14. The number of aromatic nitrogens is 3. The molecule has 2 aromatic heterocycles. The highest BCUT2D eigenvalue weighted by Gasteiger charge is 2.30. The summed E-state index contributed by atoms with van der Waals surface area (Å²) < 4.78 is 5.33. The van der Waals surface area contributed by atoms with Crippen molar-refractivity contribution in [2.24, 2.45) is 5.92 Å². The van der Waals surface area contributed by atoms with Crippen LogP contribution in [-0.2, 0) is 6.54 Å². The van der Waals surface area contributed by atoms with E-state index in [9.17, 15) is 0 Å². The van der Waals surface area contributed by atoms with Gasteiger partial charge in [-0.25, -0.2) is 4.98 Å². The molecule has 0 aromatic carbocycles. The average molecular weight is 313 g/mol. The number of hydrogen-bond acceptors (Lipinski definition) is 6. The van der Waals surface area contributed by atoms with Gasteiger partial charge < -0.3 is 9.84 Å². The molecule has 0 bridgehead atoms. The van der Waals surface area contributed by atoms with Crippen LogP contribution in [0.1, 0.15) is 42.6 Å². The number of aryl methyl sites for hydroxylation is 1. The number of pyridine rings is 1. The third-order valence-corrected chi connectivity index (χ3v) is 4.61. The van der Waals surface area contributed by atoms with E-state index in [1.807, 2.05) is 25.1 Å². The van der Waals surface area contributed by atoms with Crippen LogP contribution in [0.3, 0.4) is 0 Å². The molecule has 6 nitrogen and oxygen atoms in total. The summed E-state index contributed by atoms with van der Waals surface area (Å²) in [4.78, 5) is 11.4. The summed E-state index contributed by atoms with van der Waals surface area (Å²) in [7, 11) is 0. The van der Waals surface area contributed by atoms with E-state index < -0.39 is 0 Å². The molecule has 4 rings (SSSR count). The Morgan fingerprint density at radius 3 is 3.00 bits per heavy atom. The molecule has 3 heterocycles. The van der Waals surface area contributed by atoms with Gasteiger partial charge in [-0.05, 0) is 50.8 Å². The van der Waals surface area contributed by atoms with Gasteiger partial charge in [-0.15, -0.1) is 0 Å². The molecule has 0 unspecified atom stereocenters. The molecule has 0 radical (unpaired) electrons. The standard InChI is InChI=1S/C17H23N5O/c1-12-3-2-4-15(19-12)18-9-13-7-8-22(10-13)11-16-20-17(23-21-16)14-5-6-14/h2-4,13-14H,5-11H2,1H3,(H,18,19)/t13-/m0/s1. The molecular formula is C17H23N5O. The summed E-state index contributed by atoms with van der Waals surface area (Å²) in [6.07, 6.45) is 3.60. The first-order valence-corrected chi connectivity index (χ1v) is 8.48. The van der Waals surface area contributed by atoms with Crippen molar-refractivity contribution in [3.8, 4) is 0 Å². The Balaban J connectivity index is 1.25. The Kier molecular flexibility index (Phi) is 3.99. The highest BCUT2D eigenvalue weighted by Crippen LogP contribution is 2.38. The molecule has 1 saturated carbocycles. The van der Waals surface area contributed by atoms with E-state index in [2.05, 4.69) is 25.3 Å². The molecule has 23 heavy (non-hydrogen) atoms. The van der Waals surface area contributed by atoms with Crippen molar-refractivity contribution >= 4 is 5.82 Å². The molecule has 1 aliphatic heterocycles. The first-order chi connectivity index (χ1) is 11.3.